The Morgan fingerprint density at radius 2 is 2.04 bits per heavy atom. The summed E-state index contributed by atoms with van der Waals surface area (Å²) in [6.07, 6.45) is 0. The van der Waals surface area contributed by atoms with E-state index in [-0.39, 0.29) is 18.0 Å². The first-order chi connectivity index (χ1) is 11.1. The van der Waals surface area contributed by atoms with Gasteiger partial charge in [-0.1, -0.05) is 23.4 Å². The number of esters is 1. The highest BCUT2D eigenvalue weighted by atomic mass is 16.5. The lowest BCUT2D eigenvalue weighted by Gasteiger charge is -2.08. The summed E-state index contributed by atoms with van der Waals surface area (Å²) in [4.78, 5) is 24.2. The van der Waals surface area contributed by atoms with Gasteiger partial charge < -0.3 is 9.84 Å². The summed E-state index contributed by atoms with van der Waals surface area (Å²) in [5.41, 5.74) is 0.904. The highest BCUT2D eigenvalue weighted by molar-refractivity contribution is 5.92. The maximum absolute atomic E-state index is 12.2. The molecule has 0 bridgehead atoms. The fourth-order valence-corrected chi connectivity index (χ4v) is 2.12. The molecular weight excluding hydrogens is 298 g/mol. The van der Waals surface area contributed by atoms with Crippen LogP contribution in [0.25, 0.3) is 10.9 Å². The van der Waals surface area contributed by atoms with Gasteiger partial charge in [-0.15, -0.1) is 5.10 Å². The van der Waals surface area contributed by atoms with Crippen LogP contribution >= 0.6 is 0 Å². The predicted octanol–water partition coefficient (Wildman–Crippen LogP) is 1.62. The molecule has 0 unspecified atom stereocenters. The molecule has 0 radical (unpaired) electrons. The molecule has 3 aromatic rings. The first kappa shape index (κ1) is 14.7. The molecule has 2 aromatic carbocycles. The van der Waals surface area contributed by atoms with Gasteiger partial charge in [0.2, 0.25) is 0 Å². The van der Waals surface area contributed by atoms with Gasteiger partial charge in [-0.3, -0.25) is 4.79 Å². The minimum absolute atomic E-state index is 0.0254. The number of aromatic nitrogens is 3. The van der Waals surface area contributed by atoms with Crippen molar-refractivity contribution >= 4 is 16.9 Å². The Balaban J connectivity index is 1.82. The third-order valence-corrected chi connectivity index (χ3v) is 3.32. The molecule has 0 spiro atoms. The lowest BCUT2D eigenvalue weighted by molar-refractivity contribution is 0.0333. The van der Waals surface area contributed by atoms with Crippen molar-refractivity contribution < 1.29 is 14.6 Å². The maximum atomic E-state index is 12.2. The van der Waals surface area contributed by atoms with E-state index in [2.05, 4.69) is 10.3 Å². The van der Waals surface area contributed by atoms with Gasteiger partial charge in [0.15, 0.2) is 6.73 Å². The summed E-state index contributed by atoms with van der Waals surface area (Å²) in [5, 5.41) is 17.8. The van der Waals surface area contributed by atoms with Gasteiger partial charge in [0.05, 0.1) is 5.39 Å². The first-order valence-electron chi connectivity index (χ1n) is 6.85. The summed E-state index contributed by atoms with van der Waals surface area (Å²) >= 11 is 0. The van der Waals surface area contributed by atoms with E-state index < -0.39 is 11.5 Å². The molecule has 0 atom stereocenters. The monoisotopic (exact) mass is 311 g/mol. The van der Waals surface area contributed by atoms with Crippen molar-refractivity contribution in [2.24, 2.45) is 0 Å². The van der Waals surface area contributed by atoms with Crippen LogP contribution in [0.4, 0.5) is 0 Å². The summed E-state index contributed by atoms with van der Waals surface area (Å²) in [6.45, 7) is 1.40. The molecule has 7 heteroatoms. The van der Waals surface area contributed by atoms with Crippen LogP contribution in [-0.4, -0.2) is 26.1 Å². The van der Waals surface area contributed by atoms with Crippen molar-refractivity contribution in [3.63, 3.8) is 0 Å². The molecule has 1 heterocycles. The van der Waals surface area contributed by atoms with Gasteiger partial charge in [0.25, 0.3) is 5.56 Å². The fraction of sp³-hybridized carbons (Fsp3) is 0.125. The van der Waals surface area contributed by atoms with Crippen LogP contribution in [0.1, 0.15) is 15.9 Å². The smallest absolute Gasteiger partial charge is 0.343 e. The largest absolute Gasteiger partial charge is 0.507 e. The van der Waals surface area contributed by atoms with Crippen molar-refractivity contribution in [2.45, 2.75) is 13.7 Å². The third kappa shape index (κ3) is 2.89. The lowest BCUT2D eigenvalue weighted by atomic mass is 10.1. The molecule has 0 aliphatic rings. The second-order valence-corrected chi connectivity index (χ2v) is 4.99. The average molecular weight is 311 g/mol. The maximum Gasteiger partial charge on any atom is 0.343 e. The van der Waals surface area contributed by atoms with E-state index in [0.717, 1.165) is 10.2 Å². The van der Waals surface area contributed by atoms with Crippen LogP contribution in [0.3, 0.4) is 0 Å². The van der Waals surface area contributed by atoms with Crippen molar-refractivity contribution in [3.8, 4) is 5.75 Å². The van der Waals surface area contributed by atoms with Gasteiger partial charge in [-0.2, -0.15) is 4.68 Å². The molecule has 0 saturated carbocycles. The number of hydrogen-bond acceptors (Lipinski definition) is 6. The van der Waals surface area contributed by atoms with E-state index in [0.29, 0.717) is 10.9 Å². The molecular formula is C16H13N3O4. The van der Waals surface area contributed by atoms with Crippen molar-refractivity contribution in [3.05, 3.63) is 63.9 Å². The number of aryl methyl sites for hydroxylation is 1. The Kier molecular flexibility index (Phi) is 3.76. The van der Waals surface area contributed by atoms with Gasteiger partial charge in [0, 0.05) is 0 Å². The quantitative estimate of drug-likeness (QED) is 0.739. The standard InChI is InChI=1S/C16H13N3O4/c1-10-6-7-12(14(20)8-10)16(22)23-9-19-15(21)11-4-2-3-5-13(11)17-18-19/h2-8,20H,9H2,1H3. The molecule has 0 aliphatic heterocycles. The highest BCUT2D eigenvalue weighted by Crippen LogP contribution is 2.19. The molecule has 1 aromatic heterocycles. The molecule has 0 fully saturated rings. The Bertz CT molecular complexity index is 949. The van der Waals surface area contributed by atoms with Crippen molar-refractivity contribution in [1.29, 1.82) is 0 Å². The van der Waals surface area contributed by atoms with Gasteiger partial charge in [-0.05, 0) is 36.8 Å². The fourth-order valence-electron chi connectivity index (χ4n) is 2.12. The van der Waals surface area contributed by atoms with Crippen LogP contribution < -0.4 is 5.56 Å². The number of hydrogen-bond donors (Lipinski definition) is 1. The van der Waals surface area contributed by atoms with E-state index >= 15 is 0 Å². The van der Waals surface area contributed by atoms with E-state index in [9.17, 15) is 14.7 Å². The average Bonchev–Trinajstić information content (AvgIpc) is 2.54. The lowest BCUT2D eigenvalue weighted by Crippen LogP contribution is -2.26. The molecule has 0 amide bonds. The van der Waals surface area contributed by atoms with Crippen molar-refractivity contribution in [2.75, 3.05) is 0 Å². The van der Waals surface area contributed by atoms with Crippen LogP contribution in [-0.2, 0) is 11.5 Å². The minimum atomic E-state index is -0.746. The zero-order chi connectivity index (χ0) is 16.4. The Morgan fingerprint density at radius 1 is 1.26 bits per heavy atom. The van der Waals surface area contributed by atoms with E-state index in [1.165, 1.54) is 12.1 Å². The van der Waals surface area contributed by atoms with Gasteiger partial charge >= 0.3 is 5.97 Å². The number of ether oxygens (including phenoxy) is 1. The minimum Gasteiger partial charge on any atom is -0.507 e. The van der Waals surface area contributed by atoms with E-state index in [1.807, 2.05) is 0 Å². The van der Waals surface area contributed by atoms with Crippen LogP contribution in [0.15, 0.2) is 47.3 Å². The zero-order valence-electron chi connectivity index (χ0n) is 12.3. The third-order valence-electron chi connectivity index (χ3n) is 3.32. The zero-order valence-corrected chi connectivity index (χ0v) is 12.3. The number of phenols is 1. The molecule has 0 aliphatic carbocycles. The number of phenolic OH excluding ortho intramolecular Hbond substituents is 1. The topological polar surface area (TPSA) is 94.3 Å². The Morgan fingerprint density at radius 3 is 2.83 bits per heavy atom. The SMILES string of the molecule is Cc1ccc(C(=O)OCn2nnc3ccccc3c2=O)c(O)c1. The normalized spacial score (nSPS) is 10.7. The summed E-state index contributed by atoms with van der Waals surface area (Å²) < 4.78 is 5.98. The number of aromatic hydroxyl groups is 1. The number of benzene rings is 2. The summed E-state index contributed by atoms with van der Waals surface area (Å²) in [5.74, 6) is -0.920. The molecule has 1 N–H and O–H groups in total. The summed E-state index contributed by atoms with van der Waals surface area (Å²) in [6, 6.07) is 11.4. The Labute approximate surface area is 130 Å². The van der Waals surface area contributed by atoms with Crippen LogP contribution in [0.2, 0.25) is 0 Å². The number of carbonyl (C=O) groups is 1. The van der Waals surface area contributed by atoms with Crippen LogP contribution in [0, 0.1) is 6.92 Å². The van der Waals surface area contributed by atoms with Gasteiger partial charge in [0.1, 0.15) is 16.8 Å². The van der Waals surface area contributed by atoms with E-state index in [4.69, 9.17) is 4.74 Å². The number of nitrogens with zero attached hydrogens (tertiary/aromatic N) is 3. The molecule has 116 valence electrons. The van der Waals surface area contributed by atoms with Gasteiger partial charge in [-0.25, -0.2) is 4.79 Å². The Hall–Kier alpha value is -3.22. The number of fused-ring (bicyclic) bond motifs is 1. The number of rotatable bonds is 3. The second-order valence-electron chi connectivity index (χ2n) is 4.99. The predicted molar refractivity (Wildman–Crippen MR) is 82.1 cm³/mol. The molecule has 7 nitrogen and oxygen atoms in total. The second kappa shape index (κ2) is 5.88. The highest BCUT2D eigenvalue weighted by Gasteiger charge is 2.14. The van der Waals surface area contributed by atoms with Crippen LogP contribution in [0.5, 0.6) is 5.75 Å². The summed E-state index contributed by atoms with van der Waals surface area (Å²) in [7, 11) is 0. The molecule has 3 rings (SSSR count). The first-order valence-corrected chi connectivity index (χ1v) is 6.85. The number of carbonyl (C=O) groups excluding carboxylic acids is 1. The molecule has 0 saturated heterocycles. The molecule has 23 heavy (non-hydrogen) atoms. The van der Waals surface area contributed by atoms with Crippen molar-refractivity contribution in [1.82, 2.24) is 15.0 Å². The van der Waals surface area contributed by atoms with E-state index in [1.54, 1.807) is 37.3 Å².